The van der Waals surface area contributed by atoms with Gasteiger partial charge in [-0.3, -0.25) is 9.35 Å². The van der Waals surface area contributed by atoms with Crippen molar-refractivity contribution < 1.29 is 22.9 Å². The quantitative estimate of drug-likeness (QED) is 0.0324. The molecular formula is C48H93NO5S. The first-order chi connectivity index (χ1) is 26.8. The lowest BCUT2D eigenvalue weighted by Gasteiger charge is -2.21. The number of aliphatic hydroxyl groups excluding tert-OH is 1. The van der Waals surface area contributed by atoms with Crippen molar-refractivity contribution >= 4 is 16.0 Å². The summed E-state index contributed by atoms with van der Waals surface area (Å²) in [5.41, 5.74) is 0. The molecule has 0 fully saturated rings. The van der Waals surface area contributed by atoms with E-state index in [0.717, 1.165) is 38.5 Å². The van der Waals surface area contributed by atoms with Crippen molar-refractivity contribution in [3.8, 4) is 0 Å². The number of carbonyl (C=O) groups is 1. The molecule has 2 unspecified atom stereocenters. The van der Waals surface area contributed by atoms with Crippen molar-refractivity contribution in [2.45, 2.75) is 270 Å². The first-order valence-electron chi connectivity index (χ1n) is 24.0. The second-order valence-corrected chi connectivity index (χ2v) is 18.2. The first-order valence-corrected chi connectivity index (χ1v) is 25.6. The maximum Gasteiger partial charge on any atom is 0.267 e. The summed E-state index contributed by atoms with van der Waals surface area (Å²) in [4.78, 5) is 12.6. The molecule has 0 saturated carbocycles. The molecule has 1 amide bonds. The van der Waals surface area contributed by atoms with E-state index < -0.39 is 28.0 Å². The van der Waals surface area contributed by atoms with Gasteiger partial charge in [0.1, 0.15) is 0 Å². The lowest BCUT2D eigenvalue weighted by Crippen LogP contribution is -2.46. The molecule has 0 aliphatic rings. The fourth-order valence-corrected chi connectivity index (χ4v) is 8.24. The number of nitrogens with one attached hydrogen (secondary N) is 1. The molecule has 0 aromatic heterocycles. The summed E-state index contributed by atoms with van der Waals surface area (Å²) >= 11 is 0. The summed E-state index contributed by atoms with van der Waals surface area (Å²) in [6, 6.07) is -1.06. The smallest absolute Gasteiger partial charge is 0.267 e. The average molecular weight is 796 g/mol. The largest absolute Gasteiger partial charge is 0.387 e. The van der Waals surface area contributed by atoms with Crippen LogP contribution in [0.5, 0.6) is 0 Å². The molecule has 0 aliphatic carbocycles. The minimum absolute atomic E-state index is 0.277. The summed E-state index contributed by atoms with van der Waals surface area (Å²) in [6.07, 6.45) is 54.6. The van der Waals surface area contributed by atoms with Gasteiger partial charge in [-0.25, -0.2) is 0 Å². The van der Waals surface area contributed by atoms with E-state index in [9.17, 15) is 22.9 Å². The van der Waals surface area contributed by atoms with Gasteiger partial charge in [0, 0.05) is 6.42 Å². The first kappa shape index (κ1) is 53.8. The zero-order chi connectivity index (χ0) is 40.3. The van der Waals surface area contributed by atoms with E-state index in [1.807, 2.05) is 6.08 Å². The van der Waals surface area contributed by atoms with E-state index in [0.29, 0.717) is 6.42 Å². The number of amides is 1. The van der Waals surface area contributed by atoms with Crippen LogP contribution < -0.4 is 5.32 Å². The van der Waals surface area contributed by atoms with Crippen molar-refractivity contribution in [1.82, 2.24) is 5.32 Å². The van der Waals surface area contributed by atoms with Gasteiger partial charge >= 0.3 is 0 Å². The van der Waals surface area contributed by atoms with Crippen LogP contribution in [0.4, 0.5) is 0 Å². The highest BCUT2D eigenvalue weighted by molar-refractivity contribution is 7.85. The number of unbranched alkanes of at least 4 members (excludes halogenated alkanes) is 34. The van der Waals surface area contributed by atoms with Crippen LogP contribution in [-0.4, -0.2) is 41.9 Å². The molecular weight excluding hydrogens is 703 g/mol. The zero-order valence-corrected chi connectivity index (χ0v) is 37.4. The SMILES string of the molecule is CCCCCCCCCC/C=C\CCCCCCCCCCCC(=O)NC(CS(=O)(=O)O)C(O)/C=C/CCCCCCCCCCCCCCCCCCC. The molecule has 0 radical (unpaired) electrons. The minimum Gasteiger partial charge on any atom is -0.387 e. The molecule has 6 nitrogen and oxygen atoms in total. The van der Waals surface area contributed by atoms with Gasteiger partial charge in [-0.15, -0.1) is 0 Å². The van der Waals surface area contributed by atoms with Crippen molar-refractivity contribution in [3.05, 3.63) is 24.3 Å². The Kier molecular flexibility index (Phi) is 41.5. The Hall–Kier alpha value is -1.18. The van der Waals surface area contributed by atoms with Gasteiger partial charge in [-0.1, -0.05) is 231 Å². The summed E-state index contributed by atoms with van der Waals surface area (Å²) in [5.74, 6) is -0.972. The van der Waals surface area contributed by atoms with Crippen LogP contribution in [0.1, 0.15) is 258 Å². The van der Waals surface area contributed by atoms with Gasteiger partial charge in [0.05, 0.1) is 17.9 Å². The van der Waals surface area contributed by atoms with E-state index in [1.165, 1.54) is 199 Å². The number of allylic oxidation sites excluding steroid dienone is 3. The van der Waals surface area contributed by atoms with Gasteiger partial charge in [0.15, 0.2) is 0 Å². The lowest BCUT2D eigenvalue weighted by molar-refractivity contribution is -0.122. The molecule has 7 heteroatoms. The van der Waals surface area contributed by atoms with Crippen LogP contribution in [0, 0.1) is 0 Å². The van der Waals surface area contributed by atoms with Gasteiger partial charge in [0.2, 0.25) is 5.91 Å². The van der Waals surface area contributed by atoms with Crippen molar-refractivity contribution in [1.29, 1.82) is 0 Å². The Morgan fingerprint density at radius 1 is 0.473 bits per heavy atom. The molecule has 0 heterocycles. The maximum atomic E-state index is 12.6. The van der Waals surface area contributed by atoms with Crippen LogP contribution in [0.15, 0.2) is 24.3 Å². The van der Waals surface area contributed by atoms with E-state index in [1.54, 1.807) is 6.08 Å². The Morgan fingerprint density at radius 3 is 1.09 bits per heavy atom. The summed E-state index contributed by atoms with van der Waals surface area (Å²) in [6.45, 7) is 4.55. The third-order valence-electron chi connectivity index (χ3n) is 11.1. The fraction of sp³-hybridized carbons (Fsp3) is 0.896. The predicted molar refractivity (Wildman–Crippen MR) is 239 cm³/mol. The number of hydrogen-bond donors (Lipinski definition) is 3. The number of aliphatic hydroxyl groups is 1. The molecule has 0 saturated heterocycles. The molecule has 0 spiro atoms. The summed E-state index contributed by atoms with van der Waals surface area (Å²) in [7, 11) is -4.35. The highest BCUT2D eigenvalue weighted by Gasteiger charge is 2.24. The van der Waals surface area contributed by atoms with Crippen molar-refractivity contribution in [3.63, 3.8) is 0 Å². The van der Waals surface area contributed by atoms with Gasteiger partial charge in [-0.2, -0.15) is 8.42 Å². The van der Waals surface area contributed by atoms with Crippen LogP contribution in [-0.2, 0) is 14.9 Å². The Labute approximate surface area is 343 Å². The average Bonchev–Trinajstić information content (AvgIpc) is 3.15. The molecule has 0 rings (SSSR count). The fourth-order valence-electron chi connectivity index (χ4n) is 7.51. The van der Waals surface area contributed by atoms with E-state index in [-0.39, 0.29) is 5.91 Å². The topological polar surface area (TPSA) is 104 Å². The lowest BCUT2D eigenvalue weighted by atomic mass is 10.0. The van der Waals surface area contributed by atoms with Gasteiger partial charge in [0.25, 0.3) is 10.1 Å². The molecule has 3 N–H and O–H groups in total. The molecule has 55 heavy (non-hydrogen) atoms. The predicted octanol–water partition coefficient (Wildman–Crippen LogP) is 14.7. The number of hydrogen-bond acceptors (Lipinski definition) is 4. The summed E-state index contributed by atoms with van der Waals surface area (Å²) < 4.78 is 32.6. The highest BCUT2D eigenvalue weighted by Crippen LogP contribution is 2.16. The molecule has 2 atom stereocenters. The van der Waals surface area contributed by atoms with E-state index in [2.05, 4.69) is 31.3 Å². The van der Waals surface area contributed by atoms with Crippen LogP contribution in [0.3, 0.4) is 0 Å². The Balaban J connectivity index is 3.82. The zero-order valence-electron chi connectivity index (χ0n) is 36.6. The van der Waals surface area contributed by atoms with Crippen LogP contribution in [0.25, 0.3) is 0 Å². The van der Waals surface area contributed by atoms with E-state index in [4.69, 9.17) is 0 Å². The van der Waals surface area contributed by atoms with Crippen LogP contribution >= 0.6 is 0 Å². The Morgan fingerprint density at radius 2 is 0.764 bits per heavy atom. The normalized spacial score (nSPS) is 13.3. The van der Waals surface area contributed by atoms with Crippen LogP contribution in [0.2, 0.25) is 0 Å². The number of carbonyl (C=O) groups excluding carboxylic acids is 1. The van der Waals surface area contributed by atoms with Crippen molar-refractivity contribution in [2.75, 3.05) is 5.75 Å². The highest BCUT2D eigenvalue weighted by atomic mass is 32.2. The second-order valence-electron chi connectivity index (χ2n) is 16.7. The molecule has 0 aromatic rings. The van der Waals surface area contributed by atoms with E-state index >= 15 is 0 Å². The standard InChI is InChI=1S/C48H93NO5S/c1-3-5-7-9-11-13-15-17-19-21-23-24-26-28-30-32-34-36-38-40-42-44-48(51)49-46(45-55(52,53)54)47(50)43-41-39-37-35-33-31-29-27-25-22-20-18-16-14-12-10-8-6-4-2/h21,23,41,43,46-47,50H,3-20,22,24-40,42,44-45H2,1-2H3,(H,49,51)(H,52,53,54)/b23-21-,43-41+. The minimum atomic E-state index is -4.35. The third kappa shape index (κ3) is 43.8. The number of rotatable bonds is 44. The van der Waals surface area contributed by atoms with Gasteiger partial charge < -0.3 is 10.4 Å². The maximum absolute atomic E-state index is 12.6. The Bertz CT molecular complexity index is 965. The second kappa shape index (κ2) is 42.4. The van der Waals surface area contributed by atoms with Gasteiger partial charge in [-0.05, 0) is 44.9 Å². The third-order valence-corrected chi connectivity index (χ3v) is 11.9. The molecule has 0 aliphatic heterocycles. The molecule has 326 valence electrons. The van der Waals surface area contributed by atoms with Crippen molar-refractivity contribution in [2.24, 2.45) is 0 Å². The summed E-state index contributed by atoms with van der Waals surface area (Å²) in [5, 5.41) is 13.3. The monoisotopic (exact) mass is 796 g/mol. The molecule has 0 bridgehead atoms. The molecule has 0 aromatic carbocycles.